The van der Waals surface area contributed by atoms with Crippen molar-refractivity contribution >= 4 is 11.9 Å². The van der Waals surface area contributed by atoms with Gasteiger partial charge in [-0.15, -0.1) is 0 Å². The first-order chi connectivity index (χ1) is 6.66. The van der Waals surface area contributed by atoms with E-state index in [1.54, 1.807) is 0 Å². The van der Waals surface area contributed by atoms with E-state index < -0.39 is 12.1 Å². The zero-order valence-electron chi connectivity index (χ0n) is 7.70. The van der Waals surface area contributed by atoms with E-state index in [0.717, 1.165) is 11.1 Å². The lowest BCUT2D eigenvalue weighted by atomic mass is 10.1. The molecule has 0 bridgehead atoms. The number of carbonyl (C=O) groups excluding carboxylic acids is 2. The molecule has 2 N–H and O–H groups in total. The zero-order valence-corrected chi connectivity index (χ0v) is 7.70. The Morgan fingerprint density at radius 3 is 2.64 bits per heavy atom. The van der Waals surface area contributed by atoms with Crippen molar-refractivity contribution in [2.24, 2.45) is 0 Å². The van der Waals surface area contributed by atoms with Gasteiger partial charge in [0.15, 0.2) is 0 Å². The molecular weight excluding hydrogens is 180 g/mol. The molecule has 3 amide bonds. The molecule has 14 heavy (non-hydrogen) atoms. The fourth-order valence-electron chi connectivity index (χ4n) is 1.50. The number of benzene rings is 1. The van der Waals surface area contributed by atoms with E-state index in [1.807, 2.05) is 31.2 Å². The molecule has 1 atom stereocenters. The molecule has 0 radical (unpaired) electrons. The Morgan fingerprint density at radius 1 is 1.29 bits per heavy atom. The minimum Gasteiger partial charge on any atom is -0.322 e. The van der Waals surface area contributed by atoms with Crippen LogP contribution in [0.5, 0.6) is 0 Å². The van der Waals surface area contributed by atoms with Crippen LogP contribution in [-0.4, -0.2) is 11.9 Å². The second-order valence-corrected chi connectivity index (χ2v) is 3.31. The van der Waals surface area contributed by atoms with Crippen LogP contribution in [0.3, 0.4) is 0 Å². The number of rotatable bonds is 1. The molecule has 72 valence electrons. The second-order valence-electron chi connectivity index (χ2n) is 3.31. The van der Waals surface area contributed by atoms with Crippen molar-refractivity contribution in [1.82, 2.24) is 10.6 Å². The summed E-state index contributed by atoms with van der Waals surface area (Å²) < 4.78 is 0. The number of urea groups is 1. The molecule has 4 nitrogen and oxygen atoms in total. The third kappa shape index (κ3) is 1.46. The molecular formula is C10H10N2O2. The van der Waals surface area contributed by atoms with Gasteiger partial charge in [0.1, 0.15) is 6.04 Å². The van der Waals surface area contributed by atoms with Crippen molar-refractivity contribution in [2.75, 3.05) is 0 Å². The highest BCUT2D eigenvalue weighted by molar-refractivity contribution is 6.04. The van der Waals surface area contributed by atoms with Gasteiger partial charge in [0.2, 0.25) is 0 Å². The molecule has 1 fully saturated rings. The minimum absolute atomic E-state index is 0.291. The van der Waals surface area contributed by atoms with Gasteiger partial charge in [0.25, 0.3) is 5.91 Å². The molecule has 1 aliphatic rings. The molecule has 1 saturated heterocycles. The zero-order chi connectivity index (χ0) is 10.1. The normalized spacial score (nSPS) is 20.5. The molecule has 0 aliphatic carbocycles. The lowest BCUT2D eigenvalue weighted by Gasteiger charge is -2.07. The molecule has 0 spiro atoms. The third-order valence-electron chi connectivity index (χ3n) is 2.15. The van der Waals surface area contributed by atoms with Crippen LogP contribution in [0, 0.1) is 6.92 Å². The topological polar surface area (TPSA) is 58.2 Å². The molecule has 2 rings (SSSR count). The summed E-state index contributed by atoms with van der Waals surface area (Å²) in [6, 6.07) is 6.54. The third-order valence-corrected chi connectivity index (χ3v) is 2.15. The minimum atomic E-state index is -0.539. The Labute approximate surface area is 81.3 Å². The van der Waals surface area contributed by atoms with E-state index in [2.05, 4.69) is 10.6 Å². The van der Waals surface area contributed by atoms with E-state index in [-0.39, 0.29) is 5.91 Å². The second kappa shape index (κ2) is 3.14. The summed E-state index contributed by atoms with van der Waals surface area (Å²) in [6.07, 6.45) is 0. The summed E-state index contributed by atoms with van der Waals surface area (Å²) >= 11 is 0. The maximum Gasteiger partial charge on any atom is 0.322 e. The van der Waals surface area contributed by atoms with E-state index >= 15 is 0 Å². The van der Waals surface area contributed by atoms with Crippen molar-refractivity contribution in [3.63, 3.8) is 0 Å². The summed E-state index contributed by atoms with van der Waals surface area (Å²) in [5, 5.41) is 4.74. The first-order valence-electron chi connectivity index (χ1n) is 4.35. The number of carbonyl (C=O) groups is 2. The fourth-order valence-corrected chi connectivity index (χ4v) is 1.50. The Morgan fingerprint density at radius 2 is 2.07 bits per heavy atom. The largest absolute Gasteiger partial charge is 0.322 e. The number of hydrogen-bond donors (Lipinski definition) is 2. The smallest absolute Gasteiger partial charge is 0.322 e. The monoisotopic (exact) mass is 190 g/mol. The van der Waals surface area contributed by atoms with Gasteiger partial charge in [-0.1, -0.05) is 29.8 Å². The summed E-state index contributed by atoms with van der Waals surface area (Å²) in [7, 11) is 0. The Balaban J connectivity index is 2.31. The number of amides is 3. The van der Waals surface area contributed by atoms with Gasteiger partial charge in [-0.25, -0.2) is 4.79 Å². The number of hydrogen-bond acceptors (Lipinski definition) is 2. The number of nitrogens with one attached hydrogen (secondary N) is 2. The van der Waals surface area contributed by atoms with Gasteiger partial charge in [-0.05, 0) is 12.5 Å². The average Bonchev–Trinajstić information content (AvgIpc) is 2.45. The first kappa shape index (κ1) is 8.74. The van der Waals surface area contributed by atoms with Crippen molar-refractivity contribution in [2.45, 2.75) is 13.0 Å². The SMILES string of the molecule is Cc1cccc(C2NC(=O)NC2=O)c1. The molecule has 1 heterocycles. The van der Waals surface area contributed by atoms with Crippen LogP contribution >= 0.6 is 0 Å². The lowest BCUT2D eigenvalue weighted by molar-refractivity contribution is -0.120. The van der Waals surface area contributed by atoms with Crippen molar-refractivity contribution < 1.29 is 9.59 Å². The molecule has 1 aromatic carbocycles. The Bertz CT molecular complexity index is 401. The number of aryl methyl sites for hydroxylation is 1. The van der Waals surface area contributed by atoms with Crippen LogP contribution in [0.1, 0.15) is 17.2 Å². The standard InChI is InChI=1S/C10H10N2O2/c1-6-3-2-4-7(5-6)8-9(13)12-10(14)11-8/h2-5,8H,1H3,(H2,11,12,13,14). The van der Waals surface area contributed by atoms with Crippen LogP contribution in [-0.2, 0) is 4.79 Å². The van der Waals surface area contributed by atoms with Gasteiger partial charge in [0.05, 0.1) is 0 Å². The van der Waals surface area contributed by atoms with Gasteiger partial charge in [0, 0.05) is 0 Å². The average molecular weight is 190 g/mol. The Kier molecular flexibility index (Phi) is 1.96. The van der Waals surface area contributed by atoms with Gasteiger partial charge < -0.3 is 5.32 Å². The van der Waals surface area contributed by atoms with Crippen LogP contribution in [0.2, 0.25) is 0 Å². The maximum atomic E-state index is 11.3. The maximum absolute atomic E-state index is 11.3. The molecule has 1 aliphatic heterocycles. The molecule has 0 saturated carbocycles. The van der Waals surface area contributed by atoms with E-state index in [4.69, 9.17) is 0 Å². The van der Waals surface area contributed by atoms with Crippen molar-refractivity contribution in [3.8, 4) is 0 Å². The lowest BCUT2D eigenvalue weighted by Crippen LogP contribution is -2.22. The number of imide groups is 1. The molecule has 4 heteroatoms. The highest BCUT2D eigenvalue weighted by Crippen LogP contribution is 2.17. The summed E-state index contributed by atoms with van der Waals surface area (Å²) in [6.45, 7) is 1.94. The van der Waals surface area contributed by atoms with Crippen LogP contribution in [0.4, 0.5) is 4.79 Å². The van der Waals surface area contributed by atoms with E-state index in [9.17, 15) is 9.59 Å². The predicted octanol–water partition coefficient (Wildman–Crippen LogP) is 0.876. The van der Waals surface area contributed by atoms with Crippen LogP contribution in [0.25, 0.3) is 0 Å². The highest BCUT2D eigenvalue weighted by Gasteiger charge is 2.30. The van der Waals surface area contributed by atoms with E-state index in [0.29, 0.717) is 0 Å². The van der Waals surface area contributed by atoms with E-state index in [1.165, 1.54) is 0 Å². The van der Waals surface area contributed by atoms with Crippen LogP contribution < -0.4 is 10.6 Å². The van der Waals surface area contributed by atoms with Gasteiger partial charge in [-0.2, -0.15) is 0 Å². The summed E-state index contributed by atoms with van der Waals surface area (Å²) in [5.41, 5.74) is 1.88. The molecule has 1 unspecified atom stereocenters. The van der Waals surface area contributed by atoms with Gasteiger partial charge in [-0.3, -0.25) is 10.1 Å². The van der Waals surface area contributed by atoms with Gasteiger partial charge >= 0.3 is 6.03 Å². The quantitative estimate of drug-likeness (QED) is 0.646. The molecule has 1 aromatic rings. The highest BCUT2D eigenvalue weighted by atomic mass is 16.2. The molecule has 0 aromatic heterocycles. The summed E-state index contributed by atoms with van der Waals surface area (Å²) in [4.78, 5) is 22.2. The van der Waals surface area contributed by atoms with Crippen molar-refractivity contribution in [3.05, 3.63) is 35.4 Å². The first-order valence-corrected chi connectivity index (χ1v) is 4.35. The van der Waals surface area contributed by atoms with Crippen molar-refractivity contribution in [1.29, 1.82) is 0 Å². The summed E-state index contributed by atoms with van der Waals surface area (Å²) in [5.74, 6) is -0.291. The predicted molar refractivity (Wildman–Crippen MR) is 50.6 cm³/mol. The fraction of sp³-hybridized carbons (Fsp3) is 0.200. The Hall–Kier alpha value is -1.84. The van der Waals surface area contributed by atoms with Crippen LogP contribution in [0.15, 0.2) is 24.3 Å².